The lowest BCUT2D eigenvalue weighted by Gasteiger charge is -2.14. The van der Waals surface area contributed by atoms with Crippen LogP contribution in [0.4, 0.5) is 0 Å². The van der Waals surface area contributed by atoms with Crippen molar-refractivity contribution in [2.45, 2.75) is 13.8 Å². The highest BCUT2D eigenvalue weighted by Gasteiger charge is 2.20. The first kappa shape index (κ1) is 21.7. The third-order valence-electron chi connectivity index (χ3n) is 8.04. The van der Waals surface area contributed by atoms with Crippen molar-refractivity contribution in [2.75, 3.05) is 0 Å². The van der Waals surface area contributed by atoms with Crippen LogP contribution in [0.25, 0.3) is 69.6 Å². The van der Waals surface area contributed by atoms with Gasteiger partial charge in [-0.15, -0.1) is 11.3 Å². The molecule has 38 heavy (non-hydrogen) atoms. The Morgan fingerprint density at radius 2 is 1.32 bits per heavy atom. The number of hydrogen-bond acceptors (Lipinski definition) is 1. The van der Waals surface area contributed by atoms with E-state index in [0.717, 1.165) is 0 Å². The fourth-order valence-corrected chi connectivity index (χ4v) is 7.61. The van der Waals surface area contributed by atoms with Crippen LogP contribution < -0.4 is 0 Å². The van der Waals surface area contributed by atoms with Gasteiger partial charge in [-0.3, -0.25) is 0 Å². The fraction of sp³-hybridized carbons (Fsp3) is 0.0556. The van der Waals surface area contributed by atoms with E-state index in [1.54, 1.807) is 0 Å². The summed E-state index contributed by atoms with van der Waals surface area (Å²) in [6, 6.07) is 42.3. The molecule has 180 valence electrons. The molecule has 0 unspecified atom stereocenters. The number of benzene rings is 6. The van der Waals surface area contributed by atoms with E-state index in [-0.39, 0.29) is 0 Å². The summed E-state index contributed by atoms with van der Waals surface area (Å²) in [6.07, 6.45) is 0. The van der Waals surface area contributed by atoms with Crippen molar-refractivity contribution in [2.24, 2.45) is 0 Å². The zero-order chi connectivity index (χ0) is 25.4. The first-order valence-corrected chi connectivity index (χ1v) is 13.9. The van der Waals surface area contributed by atoms with Gasteiger partial charge >= 0.3 is 0 Å². The highest BCUT2D eigenvalue weighted by atomic mass is 32.1. The molecular formula is C36H25NS. The summed E-state index contributed by atoms with van der Waals surface area (Å²) in [5, 5.41) is 7.97. The van der Waals surface area contributed by atoms with Crippen LogP contribution in [0.15, 0.2) is 115 Å². The Labute approximate surface area is 225 Å². The van der Waals surface area contributed by atoms with E-state index in [1.165, 1.54) is 80.7 Å². The summed E-state index contributed by atoms with van der Waals surface area (Å²) in [4.78, 5) is 0. The second-order valence-corrected chi connectivity index (χ2v) is 11.3. The predicted molar refractivity (Wildman–Crippen MR) is 166 cm³/mol. The molecule has 0 atom stereocenters. The Hall–Kier alpha value is -4.40. The Morgan fingerprint density at radius 1 is 0.553 bits per heavy atom. The van der Waals surface area contributed by atoms with E-state index in [4.69, 9.17) is 0 Å². The van der Waals surface area contributed by atoms with Gasteiger partial charge in [-0.05, 0) is 83.3 Å². The molecule has 6 aromatic carbocycles. The van der Waals surface area contributed by atoms with Crippen molar-refractivity contribution in [3.05, 3.63) is 126 Å². The van der Waals surface area contributed by atoms with Crippen molar-refractivity contribution in [1.29, 1.82) is 0 Å². The minimum absolute atomic E-state index is 1.19. The van der Waals surface area contributed by atoms with Crippen molar-refractivity contribution < 1.29 is 0 Å². The molecule has 0 amide bonds. The van der Waals surface area contributed by atoms with Gasteiger partial charge in [-0.25, -0.2) is 0 Å². The smallest absolute Gasteiger partial charge is 0.0547 e. The first-order valence-electron chi connectivity index (χ1n) is 13.1. The van der Waals surface area contributed by atoms with E-state index in [1.807, 2.05) is 11.3 Å². The number of nitrogens with zero attached hydrogens (tertiary/aromatic N) is 1. The fourth-order valence-electron chi connectivity index (χ4n) is 6.29. The quantitative estimate of drug-likeness (QED) is 0.221. The molecule has 0 N–H and O–H groups in total. The molecule has 8 rings (SSSR count). The SMILES string of the molecule is Cc1cc2sc3c4ccccc4ccc3c2cc1-c1c(C)ccc2c1c1ccccc1n2-c1ccccc1. The summed E-state index contributed by atoms with van der Waals surface area (Å²) < 4.78 is 5.15. The zero-order valence-electron chi connectivity index (χ0n) is 21.3. The van der Waals surface area contributed by atoms with E-state index in [9.17, 15) is 0 Å². The van der Waals surface area contributed by atoms with Gasteiger partial charge < -0.3 is 4.57 Å². The lowest BCUT2D eigenvalue weighted by Crippen LogP contribution is -1.94. The van der Waals surface area contributed by atoms with Gasteiger partial charge in [-0.2, -0.15) is 0 Å². The summed E-state index contributed by atoms with van der Waals surface area (Å²) in [5.41, 5.74) is 8.97. The highest BCUT2D eigenvalue weighted by molar-refractivity contribution is 7.26. The average Bonchev–Trinajstić information content (AvgIpc) is 3.48. The summed E-state index contributed by atoms with van der Waals surface area (Å²) in [5.74, 6) is 0. The molecule has 2 heteroatoms. The van der Waals surface area contributed by atoms with Crippen molar-refractivity contribution in [1.82, 2.24) is 4.57 Å². The molecule has 0 aliphatic rings. The number of thiophene rings is 1. The first-order chi connectivity index (χ1) is 18.7. The third kappa shape index (κ3) is 2.98. The molecule has 0 radical (unpaired) electrons. The van der Waals surface area contributed by atoms with Crippen LogP contribution in [-0.2, 0) is 0 Å². The predicted octanol–water partition coefficient (Wildman–Crippen LogP) is 10.6. The van der Waals surface area contributed by atoms with E-state index in [2.05, 4.69) is 134 Å². The zero-order valence-corrected chi connectivity index (χ0v) is 22.1. The standard InChI is InChI=1S/C36H25NS/c1-22-16-19-32-35(28-14-8-9-15-31(28)37(32)25-11-4-3-5-12-25)34(22)29-21-30-27-18-17-24-10-6-7-13-26(24)36(27)38-33(30)20-23(29)2/h3-21H,1-2H3. The average molecular weight is 504 g/mol. The molecule has 0 saturated carbocycles. The van der Waals surface area contributed by atoms with Crippen LogP contribution in [0.3, 0.4) is 0 Å². The van der Waals surface area contributed by atoms with E-state index in [0.29, 0.717) is 0 Å². The highest BCUT2D eigenvalue weighted by Crippen LogP contribution is 2.45. The van der Waals surface area contributed by atoms with Gasteiger partial charge in [0.1, 0.15) is 0 Å². The second kappa shape index (κ2) is 8.05. The number of aryl methyl sites for hydroxylation is 2. The van der Waals surface area contributed by atoms with Gasteiger partial charge in [0.05, 0.1) is 11.0 Å². The Balaban J connectivity index is 1.49. The number of fused-ring (bicyclic) bond motifs is 8. The largest absolute Gasteiger partial charge is 0.309 e. The Kier molecular flexibility index (Phi) is 4.59. The minimum atomic E-state index is 1.19. The Morgan fingerprint density at radius 3 is 2.18 bits per heavy atom. The van der Waals surface area contributed by atoms with Crippen molar-refractivity contribution >= 4 is 64.1 Å². The summed E-state index contributed by atoms with van der Waals surface area (Å²) in [7, 11) is 0. The van der Waals surface area contributed by atoms with E-state index < -0.39 is 0 Å². The van der Waals surface area contributed by atoms with Crippen LogP contribution >= 0.6 is 11.3 Å². The van der Waals surface area contributed by atoms with Crippen LogP contribution in [0.2, 0.25) is 0 Å². The summed E-state index contributed by atoms with van der Waals surface area (Å²) in [6.45, 7) is 4.53. The molecule has 0 aliphatic heterocycles. The molecule has 0 bridgehead atoms. The van der Waals surface area contributed by atoms with Crippen LogP contribution in [-0.4, -0.2) is 4.57 Å². The molecule has 0 saturated heterocycles. The third-order valence-corrected chi connectivity index (χ3v) is 9.24. The van der Waals surface area contributed by atoms with Crippen molar-refractivity contribution in [3.63, 3.8) is 0 Å². The van der Waals surface area contributed by atoms with Gasteiger partial charge in [0.2, 0.25) is 0 Å². The maximum Gasteiger partial charge on any atom is 0.0547 e. The summed E-state index contributed by atoms with van der Waals surface area (Å²) >= 11 is 1.92. The van der Waals surface area contributed by atoms with Gasteiger partial charge in [-0.1, -0.05) is 78.9 Å². The minimum Gasteiger partial charge on any atom is -0.309 e. The van der Waals surface area contributed by atoms with Crippen LogP contribution in [0.1, 0.15) is 11.1 Å². The molecule has 0 spiro atoms. The van der Waals surface area contributed by atoms with E-state index >= 15 is 0 Å². The number of para-hydroxylation sites is 2. The second-order valence-electron chi connectivity index (χ2n) is 10.3. The van der Waals surface area contributed by atoms with Gasteiger partial charge in [0, 0.05) is 36.6 Å². The maximum absolute atomic E-state index is 2.45. The lowest BCUT2D eigenvalue weighted by atomic mass is 9.91. The molecule has 2 aromatic heterocycles. The monoisotopic (exact) mass is 503 g/mol. The Bertz CT molecular complexity index is 2190. The number of hydrogen-bond donors (Lipinski definition) is 0. The topological polar surface area (TPSA) is 4.93 Å². The van der Waals surface area contributed by atoms with Crippen molar-refractivity contribution in [3.8, 4) is 16.8 Å². The molecule has 0 aliphatic carbocycles. The molecule has 2 heterocycles. The maximum atomic E-state index is 2.45. The molecule has 0 fully saturated rings. The van der Waals surface area contributed by atoms with Gasteiger partial charge in [0.15, 0.2) is 0 Å². The van der Waals surface area contributed by atoms with Crippen LogP contribution in [0.5, 0.6) is 0 Å². The number of rotatable bonds is 2. The molecular weight excluding hydrogens is 478 g/mol. The lowest BCUT2D eigenvalue weighted by molar-refractivity contribution is 1.18. The van der Waals surface area contributed by atoms with Gasteiger partial charge in [0.25, 0.3) is 0 Å². The number of aromatic nitrogens is 1. The molecule has 8 aromatic rings. The normalized spacial score (nSPS) is 11.9. The van der Waals surface area contributed by atoms with Crippen LogP contribution in [0, 0.1) is 13.8 Å². The molecule has 1 nitrogen and oxygen atoms in total.